The zero-order valence-electron chi connectivity index (χ0n) is 11.5. The van der Waals surface area contributed by atoms with Crippen molar-refractivity contribution < 1.29 is 9.50 Å². The van der Waals surface area contributed by atoms with Crippen molar-refractivity contribution in [3.05, 3.63) is 69.5 Å². The van der Waals surface area contributed by atoms with Crippen LogP contribution in [-0.4, -0.2) is 11.7 Å². The maximum absolute atomic E-state index is 13.7. The fraction of sp³-hybridized carbons (Fsp3) is 0.250. The minimum absolute atomic E-state index is 0.223. The molecule has 21 heavy (non-hydrogen) atoms. The summed E-state index contributed by atoms with van der Waals surface area (Å²) in [6.45, 7) is 2.08. The molecule has 0 saturated carbocycles. The summed E-state index contributed by atoms with van der Waals surface area (Å²) in [7, 11) is 0. The Morgan fingerprint density at radius 2 is 1.86 bits per heavy atom. The average Bonchev–Trinajstić information content (AvgIpc) is 2.47. The number of hydrogen-bond donors (Lipinski definition) is 2. The normalized spacial score (nSPS) is 14.0. The summed E-state index contributed by atoms with van der Waals surface area (Å²) in [5.41, 5.74) is 1.11. The van der Waals surface area contributed by atoms with Gasteiger partial charge in [-0.15, -0.1) is 0 Å². The molecule has 2 N–H and O–H groups in total. The fourth-order valence-electron chi connectivity index (χ4n) is 2.10. The largest absolute Gasteiger partial charge is 0.387 e. The first-order valence-electron chi connectivity index (χ1n) is 6.60. The van der Waals surface area contributed by atoms with Gasteiger partial charge in [0.25, 0.3) is 0 Å². The molecule has 0 fully saturated rings. The van der Waals surface area contributed by atoms with Gasteiger partial charge < -0.3 is 10.4 Å². The van der Waals surface area contributed by atoms with Crippen molar-refractivity contribution in [2.75, 3.05) is 6.54 Å². The molecule has 0 aromatic heterocycles. The first-order valence-corrected chi connectivity index (χ1v) is 7.35. The standard InChI is InChI=1S/C16H16Cl2FNO/c1-10(12-4-2-3-5-15(12)19)20-9-16(21)13-8-11(17)6-7-14(13)18/h2-8,10,16,20-21H,9H2,1H3/t10-,16?/m1/s1. The van der Waals surface area contributed by atoms with E-state index in [1.807, 2.05) is 6.92 Å². The Hall–Kier alpha value is -1.13. The van der Waals surface area contributed by atoms with Crippen molar-refractivity contribution >= 4 is 23.2 Å². The first-order chi connectivity index (χ1) is 9.99. The predicted octanol–water partition coefficient (Wildman–Crippen LogP) is 4.52. The zero-order chi connectivity index (χ0) is 15.4. The molecule has 112 valence electrons. The van der Waals surface area contributed by atoms with Crippen LogP contribution in [0, 0.1) is 5.82 Å². The third kappa shape index (κ3) is 4.17. The van der Waals surface area contributed by atoms with Crippen molar-refractivity contribution in [3.8, 4) is 0 Å². The molecule has 2 aromatic carbocycles. The summed E-state index contributed by atoms with van der Waals surface area (Å²) in [6, 6.07) is 11.3. The molecule has 0 saturated heterocycles. The monoisotopic (exact) mass is 327 g/mol. The minimum Gasteiger partial charge on any atom is -0.387 e. The maximum atomic E-state index is 13.7. The van der Waals surface area contributed by atoms with Gasteiger partial charge in [0.1, 0.15) is 5.82 Å². The van der Waals surface area contributed by atoms with Crippen LogP contribution in [0.5, 0.6) is 0 Å². The van der Waals surface area contributed by atoms with Gasteiger partial charge in [0, 0.05) is 33.8 Å². The van der Waals surface area contributed by atoms with Crippen LogP contribution >= 0.6 is 23.2 Å². The molecule has 1 unspecified atom stereocenters. The number of aliphatic hydroxyl groups is 1. The number of rotatable bonds is 5. The number of aliphatic hydroxyl groups excluding tert-OH is 1. The van der Waals surface area contributed by atoms with Gasteiger partial charge in [0.2, 0.25) is 0 Å². The Morgan fingerprint density at radius 1 is 1.14 bits per heavy atom. The van der Waals surface area contributed by atoms with Gasteiger partial charge in [-0.3, -0.25) is 0 Å². The van der Waals surface area contributed by atoms with Crippen LogP contribution in [0.3, 0.4) is 0 Å². The maximum Gasteiger partial charge on any atom is 0.127 e. The molecule has 0 aliphatic rings. The van der Waals surface area contributed by atoms with E-state index in [1.54, 1.807) is 36.4 Å². The molecule has 2 atom stereocenters. The summed E-state index contributed by atoms with van der Waals surface area (Å²) in [6.07, 6.45) is -0.814. The number of halogens is 3. The van der Waals surface area contributed by atoms with Crippen molar-refractivity contribution in [1.29, 1.82) is 0 Å². The third-order valence-corrected chi connectivity index (χ3v) is 3.89. The molecule has 2 rings (SSSR count). The van der Waals surface area contributed by atoms with Crippen LogP contribution in [-0.2, 0) is 0 Å². The third-order valence-electron chi connectivity index (χ3n) is 3.31. The highest BCUT2D eigenvalue weighted by atomic mass is 35.5. The molecule has 5 heteroatoms. The quantitative estimate of drug-likeness (QED) is 0.846. The van der Waals surface area contributed by atoms with E-state index in [0.717, 1.165) is 0 Å². The second-order valence-corrected chi connectivity index (χ2v) is 5.68. The Labute approximate surface area is 133 Å². The van der Waals surface area contributed by atoms with E-state index in [1.165, 1.54) is 6.07 Å². The van der Waals surface area contributed by atoms with Crippen LogP contribution < -0.4 is 5.32 Å². The van der Waals surface area contributed by atoms with Gasteiger partial charge in [-0.2, -0.15) is 0 Å². The van der Waals surface area contributed by atoms with Gasteiger partial charge in [-0.25, -0.2) is 4.39 Å². The smallest absolute Gasteiger partial charge is 0.127 e. The molecule has 0 spiro atoms. The van der Waals surface area contributed by atoms with E-state index < -0.39 is 6.10 Å². The van der Waals surface area contributed by atoms with Crippen LogP contribution in [0.15, 0.2) is 42.5 Å². The number of nitrogens with one attached hydrogen (secondary N) is 1. The lowest BCUT2D eigenvalue weighted by molar-refractivity contribution is 0.170. The van der Waals surface area contributed by atoms with E-state index in [4.69, 9.17) is 23.2 Å². The summed E-state index contributed by atoms with van der Waals surface area (Å²) in [4.78, 5) is 0. The average molecular weight is 328 g/mol. The van der Waals surface area contributed by atoms with E-state index in [2.05, 4.69) is 5.32 Å². The van der Waals surface area contributed by atoms with E-state index in [-0.39, 0.29) is 18.4 Å². The lowest BCUT2D eigenvalue weighted by Crippen LogP contribution is -2.25. The van der Waals surface area contributed by atoms with E-state index in [9.17, 15) is 9.50 Å². The van der Waals surface area contributed by atoms with Gasteiger partial charge in [0.05, 0.1) is 6.10 Å². The SMILES string of the molecule is C[C@@H](NCC(O)c1cc(Cl)ccc1Cl)c1ccccc1F. The van der Waals surface area contributed by atoms with E-state index in [0.29, 0.717) is 21.2 Å². The van der Waals surface area contributed by atoms with Gasteiger partial charge in [0.15, 0.2) is 0 Å². The predicted molar refractivity (Wildman–Crippen MR) is 84.2 cm³/mol. The fourth-order valence-corrected chi connectivity index (χ4v) is 2.53. The lowest BCUT2D eigenvalue weighted by Gasteiger charge is -2.19. The van der Waals surface area contributed by atoms with Crippen LogP contribution in [0.2, 0.25) is 10.0 Å². The topological polar surface area (TPSA) is 32.3 Å². The Morgan fingerprint density at radius 3 is 2.57 bits per heavy atom. The lowest BCUT2D eigenvalue weighted by atomic mass is 10.1. The van der Waals surface area contributed by atoms with Crippen LogP contribution in [0.4, 0.5) is 4.39 Å². The van der Waals surface area contributed by atoms with E-state index >= 15 is 0 Å². The number of hydrogen-bond acceptors (Lipinski definition) is 2. The van der Waals surface area contributed by atoms with Gasteiger partial charge >= 0.3 is 0 Å². The van der Waals surface area contributed by atoms with Crippen molar-refractivity contribution in [2.45, 2.75) is 19.1 Å². The Balaban J connectivity index is 2.02. The molecule has 0 radical (unpaired) electrons. The van der Waals surface area contributed by atoms with Crippen LogP contribution in [0.25, 0.3) is 0 Å². The van der Waals surface area contributed by atoms with Crippen molar-refractivity contribution in [1.82, 2.24) is 5.32 Å². The molecule has 0 aliphatic heterocycles. The number of benzene rings is 2. The Kier molecular flexibility index (Phi) is 5.59. The van der Waals surface area contributed by atoms with Crippen molar-refractivity contribution in [2.24, 2.45) is 0 Å². The molecule has 2 nitrogen and oxygen atoms in total. The van der Waals surface area contributed by atoms with Crippen LogP contribution in [0.1, 0.15) is 30.2 Å². The molecular weight excluding hydrogens is 312 g/mol. The molecule has 0 amide bonds. The zero-order valence-corrected chi connectivity index (χ0v) is 13.0. The molecule has 0 aliphatic carbocycles. The highest BCUT2D eigenvalue weighted by Gasteiger charge is 2.15. The minimum atomic E-state index is -0.814. The van der Waals surface area contributed by atoms with Gasteiger partial charge in [-0.05, 0) is 31.2 Å². The Bertz CT molecular complexity index is 621. The summed E-state index contributed by atoms with van der Waals surface area (Å²) < 4.78 is 13.7. The first kappa shape index (κ1) is 16.2. The molecule has 0 bridgehead atoms. The second kappa shape index (κ2) is 7.23. The second-order valence-electron chi connectivity index (χ2n) is 4.83. The molecular formula is C16H16Cl2FNO. The summed E-state index contributed by atoms with van der Waals surface area (Å²) >= 11 is 11.9. The van der Waals surface area contributed by atoms with Crippen molar-refractivity contribution in [3.63, 3.8) is 0 Å². The summed E-state index contributed by atoms with van der Waals surface area (Å²) in [5, 5.41) is 14.2. The highest BCUT2D eigenvalue weighted by molar-refractivity contribution is 6.33. The van der Waals surface area contributed by atoms with Gasteiger partial charge in [-0.1, -0.05) is 41.4 Å². The molecule has 2 aromatic rings. The summed E-state index contributed by atoms with van der Waals surface area (Å²) in [5.74, 6) is -0.271. The highest BCUT2D eigenvalue weighted by Crippen LogP contribution is 2.26. The molecule has 0 heterocycles.